The molecular formula is C24H26ClF3N2O4. The van der Waals surface area contributed by atoms with Crippen molar-refractivity contribution in [1.82, 2.24) is 10.2 Å². The topological polar surface area (TPSA) is 67.9 Å². The molecule has 34 heavy (non-hydrogen) atoms. The standard InChI is InChI=1S/C24H26ClF3N2O4/c1-2-33-22(31)11-12-29-23(32)30-14-19(15-30)34-21(16-7-9-18(25)10-8-16)13-17-5-3-4-6-20(17)24(26,27)28/h3-10,19,21H,2,11-15H2,1H3,(H,29,32). The van der Waals surface area contributed by atoms with Gasteiger partial charge in [0.25, 0.3) is 0 Å². The summed E-state index contributed by atoms with van der Waals surface area (Å²) in [5, 5.41) is 3.15. The second-order valence-electron chi connectivity index (χ2n) is 7.85. The van der Waals surface area contributed by atoms with Crippen LogP contribution in [0.3, 0.4) is 0 Å². The van der Waals surface area contributed by atoms with Crippen LogP contribution in [0.1, 0.15) is 36.1 Å². The van der Waals surface area contributed by atoms with Gasteiger partial charge in [0.1, 0.15) is 0 Å². The first-order valence-corrected chi connectivity index (χ1v) is 11.3. The number of urea groups is 1. The van der Waals surface area contributed by atoms with E-state index < -0.39 is 23.8 Å². The molecule has 2 aromatic rings. The average molecular weight is 499 g/mol. The molecule has 0 radical (unpaired) electrons. The molecule has 6 nitrogen and oxygen atoms in total. The number of benzene rings is 2. The largest absolute Gasteiger partial charge is 0.466 e. The molecule has 1 fully saturated rings. The van der Waals surface area contributed by atoms with Crippen molar-refractivity contribution in [2.24, 2.45) is 0 Å². The normalized spacial score (nSPS) is 14.9. The van der Waals surface area contributed by atoms with Gasteiger partial charge in [0.15, 0.2) is 0 Å². The number of ether oxygens (including phenoxy) is 2. The predicted molar refractivity (Wildman–Crippen MR) is 120 cm³/mol. The second kappa shape index (κ2) is 11.6. The van der Waals surface area contributed by atoms with Gasteiger partial charge in [0, 0.05) is 18.0 Å². The van der Waals surface area contributed by atoms with Crippen molar-refractivity contribution in [1.29, 1.82) is 0 Å². The van der Waals surface area contributed by atoms with Crippen LogP contribution in [0.25, 0.3) is 0 Å². The lowest BCUT2D eigenvalue weighted by Gasteiger charge is -2.40. The van der Waals surface area contributed by atoms with Crippen molar-refractivity contribution in [2.45, 2.75) is 38.1 Å². The quantitative estimate of drug-likeness (QED) is 0.494. The molecule has 1 N–H and O–H groups in total. The van der Waals surface area contributed by atoms with E-state index in [2.05, 4.69) is 5.32 Å². The van der Waals surface area contributed by atoms with Gasteiger partial charge in [0.05, 0.1) is 43.9 Å². The minimum atomic E-state index is -4.48. The lowest BCUT2D eigenvalue weighted by atomic mass is 9.96. The summed E-state index contributed by atoms with van der Waals surface area (Å²) in [6.07, 6.45) is -5.38. The SMILES string of the molecule is CCOC(=O)CCNC(=O)N1CC(OC(Cc2ccccc2C(F)(F)F)c2ccc(Cl)cc2)C1. The Labute approximate surface area is 201 Å². The Kier molecular flexibility index (Phi) is 8.79. The van der Waals surface area contributed by atoms with Crippen LogP contribution in [0.15, 0.2) is 48.5 Å². The summed E-state index contributed by atoms with van der Waals surface area (Å²) >= 11 is 5.97. The Morgan fingerprint density at radius 2 is 1.82 bits per heavy atom. The number of carbonyl (C=O) groups is 2. The Balaban J connectivity index is 1.62. The van der Waals surface area contributed by atoms with Crippen LogP contribution >= 0.6 is 11.6 Å². The molecule has 1 aliphatic heterocycles. The van der Waals surface area contributed by atoms with Gasteiger partial charge in [-0.1, -0.05) is 41.9 Å². The third kappa shape index (κ3) is 7.11. The van der Waals surface area contributed by atoms with Crippen molar-refractivity contribution in [2.75, 3.05) is 26.2 Å². The van der Waals surface area contributed by atoms with Crippen molar-refractivity contribution in [3.63, 3.8) is 0 Å². The molecule has 10 heteroatoms. The fourth-order valence-electron chi connectivity index (χ4n) is 3.64. The Morgan fingerprint density at radius 3 is 2.47 bits per heavy atom. The maximum atomic E-state index is 13.5. The van der Waals surface area contributed by atoms with Gasteiger partial charge in [-0.2, -0.15) is 13.2 Å². The number of alkyl halides is 3. The molecule has 1 aliphatic rings. The lowest BCUT2D eigenvalue weighted by Crippen LogP contribution is -2.58. The Morgan fingerprint density at radius 1 is 1.15 bits per heavy atom. The first kappa shape index (κ1) is 25.8. The summed E-state index contributed by atoms with van der Waals surface area (Å²) in [6.45, 7) is 2.71. The minimum absolute atomic E-state index is 0.0134. The van der Waals surface area contributed by atoms with E-state index in [0.717, 1.165) is 6.07 Å². The van der Waals surface area contributed by atoms with Crippen molar-refractivity contribution in [3.05, 3.63) is 70.2 Å². The summed E-state index contributed by atoms with van der Waals surface area (Å²) in [7, 11) is 0. The van der Waals surface area contributed by atoms with Gasteiger partial charge >= 0.3 is 18.2 Å². The summed E-state index contributed by atoms with van der Waals surface area (Å²) in [6, 6.07) is 11.8. The molecule has 0 saturated carbocycles. The molecule has 0 aromatic heterocycles. The molecule has 1 heterocycles. The van der Waals surface area contributed by atoms with Crippen LogP contribution < -0.4 is 5.32 Å². The number of hydrogen-bond acceptors (Lipinski definition) is 4. The molecular weight excluding hydrogens is 473 g/mol. The molecule has 0 spiro atoms. The highest BCUT2D eigenvalue weighted by Crippen LogP contribution is 2.35. The van der Waals surface area contributed by atoms with Crippen LogP contribution in [0, 0.1) is 0 Å². The van der Waals surface area contributed by atoms with Crippen molar-refractivity contribution < 1.29 is 32.2 Å². The van der Waals surface area contributed by atoms with E-state index in [4.69, 9.17) is 21.1 Å². The van der Waals surface area contributed by atoms with E-state index in [1.165, 1.54) is 17.0 Å². The first-order chi connectivity index (χ1) is 16.2. The molecule has 0 bridgehead atoms. The Hall–Kier alpha value is -2.78. The van der Waals surface area contributed by atoms with Crippen LogP contribution in [-0.2, 0) is 26.9 Å². The lowest BCUT2D eigenvalue weighted by molar-refractivity contribution is -0.143. The zero-order valence-electron chi connectivity index (χ0n) is 18.6. The van der Waals surface area contributed by atoms with E-state index in [1.54, 1.807) is 37.3 Å². The van der Waals surface area contributed by atoms with E-state index in [-0.39, 0.29) is 56.8 Å². The number of rotatable bonds is 9. The molecule has 2 aromatic carbocycles. The van der Waals surface area contributed by atoms with Crippen LogP contribution in [0.4, 0.5) is 18.0 Å². The smallest absolute Gasteiger partial charge is 0.416 e. The maximum absolute atomic E-state index is 13.5. The number of carbonyl (C=O) groups excluding carboxylic acids is 2. The summed E-state index contributed by atoms with van der Waals surface area (Å²) in [4.78, 5) is 25.1. The summed E-state index contributed by atoms with van der Waals surface area (Å²) in [5.74, 6) is -0.391. The van der Waals surface area contributed by atoms with Crippen LogP contribution in [0.5, 0.6) is 0 Å². The molecule has 3 rings (SSSR count). The fraction of sp³-hybridized carbons (Fsp3) is 0.417. The number of amides is 2. The number of halogens is 4. The molecule has 1 saturated heterocycles. The van der Waals surface area contributed by atoms with E-state index in [1.807, 2.05) is 0 Å². The summed E-state index contributed by atoms with van der Waals surface area (Å²) in [5.41, 5.74) is 0.121. The molecule has 2 amide bonds. The summed E-state index contributed by atoms with van der Waals surface area (Å²) < 4.78 is 51.4. The number of hydrogen-bond donors (Lipinski definition) is 1. The zero-order valence-corrected chi connectivity index (χ0v) is 19.4. The third-order valence-corrected chi connectivity index (χ3v) is 5.62. The van der Waals surface area contributed by atoms with E-state index >= 15 is 0 Å². The second-order valence-corrected chi connectivity index (χ2v) is 8.29. The van der Waals surface area contributed by atoms with Crippen LogP contribution in [-0.4, -0.2) is 49.2 Å². The average Bonchev–Trinajstić information content (AvgIpc) is 2.75. The monoisotopic (exact) mass is 498 g/mol. The number of esters is 1. The predicted octanol–water partition coefficient (Wildman–Crippen LogP) is 5.01. The van der Waals surface area contributed by atoms with Gasteiger partial charge in [0.2, 0.25) is 0 Å². The Bertz CT molecular complexity index is 979. The highest BCUT2D eigenvalue weighted by atomic mass is 35.5. The minimum Gasteiger partial charge on any atom is -0.466 e. The highest BCUT2D eigenvalue weighted by Gasteiger charge is 2.36. The van der Waals surface area contributed by atoms with Crippen LogP contribution in [0.2, 0.25) is 5.02 Å². The number of nitrogens with zero attached hydrogens (tertiary/aromatic N) is 1. The first-order valence-electron chi connectivity index (χ1n) is 10.9. The molecule has 1 unspecified atom stereocenters. The van der Waals surface area contributed by atoms with Gasteiger partial charge in [-0.3, -0.25) is 4.79 Å². The van der Waals surface area contributed by atoms with Gasteiger partial charge in [-0.15, -0.1) is 0 Å². The zero-order chi connectivity index (χ0) is 24.7. The highest BCUT2D eigenvalue weighted by molar-refractivity contribution is 6.30. The molecule has 184 valence electrons. The third-order valence-electron chi connectivity index (χ3n) is 5.37. The number of likely N-dealkylation sites (tertiary alicyclic amines) is 1. The van der Waals surface area contributed by atoms with Gasteiger partial charge in [-0.25, -0.2) is 4.79 Å². The van der Waals surface area contributed by atoms with E-state index in [9.17, 15) is 22.8 Å². The van der Waals surface area contributed by atoms with Gasteiger partial charge < -0.3 is 19.7 Å². The van der Waals surface area contributed by atoms with Crippen molar-refractivity contribution >= 4 is 23.6 Å². The fourth-order valence-corrected chi connectivity index (χ4v) is 3.76. The molecule has 1 atom stereocenters. The molecule has 0 aliphatic carbocycles. The number of nitrogens with one attached hydrogen (secondary N) is 1. The van der Waals surface area contributed by atoms with Gasteiger partial charge in [-0.05, 0) is 36.2 Å². The van der Waals surface area contributed by atoms with E-state index in [0.29, 0.717) is 10.6 Å². The van der Waals surface area contributed by atoms with Crippen molar-refractivity contribution in [3.8, 4) is 0 Å². The maximum Gasteiger partial charge on any atom is 0.416 e.